The van der Waals surface area contributed by atoms with E-state index in [9.17, 15) is 18.0 Å². The molecule has 7 heteroatoms. The molecule has 0 bridgehead atoms. The van der Waals surface area contributed by atoms with E-state index in [1.165, 1.54) is 0 Å². The first kappa shape index (κ1) is 20.5. The lowest BCUT2D eigenvalue weighted by Gasteiger charge is -2.29. The zero-order valence-electron chi connectivity index (χ0n) is 15.8. The first-order chi connectivity index (χ1) is 13.3. The Morgan fingerprint density at radius 2 is 1.93 bits per heavy atom. The fourth-order valence-electron chi connectivity index (χ4n) is 3.59. The maximum atomic E-state index is 12.9. The second-order valence-corrected chi connectivity index (χ2v) is 9.77. The van der Waals surface area contributed by atoms with Gasteiger partial charge in [-0.3, -0.25) is 14.3 Å². The van der Waals surface area contributed by atoms with Gasteiger partial charge in [-0.1, -0.05) is 25.1 Å². The second-order valence-electron chi connectivity index (χ2n) is 7.04. The van der Waals surface area contributed by atoms with Gasteiger partial charge in [0.25, 0.3) is 0 Å². The summed E-state index contributed by atoms with van der Waals surface area (Å²) < 4.78 is 25.1. The third kappa shape index (κ3) is 4.77. The van der Waals surface area contributed by atoms with E-state index >= 15 is 0 Å². The van der Waals surface area contributed by atoms with Crippen molar-refractivity contribution >= 4 is 44.2 Å². The first-order valence-corrected chi connectivity index (χ1v) is 11.9. The minimum atomic E-state index is -3.34. The van der Waals surface area contributed by atoms with E-state index in [0.717, 1.165) is 28.7 Å². The van der Waals surface area contributed by atoms with Gasteiger partial charge in [0.05, 0.1) is 12.2 Å². The van der Waals surface area contributed by atoms with Crippen molar-refractivity contribution in [1.82, 2.24) is 0 Å². The van der Waals surface area contributed by atoms with E-state index in [-0.39, 0.29) is 17.5 Å². The Balaban J connectivity index is 1.91. The molecule has 0 aliphatic heterocycles. The van der Waals surface area contributed by atoms with Crippen LogP contribution in [0.2, 0.25) is 0 Å². The lowest BCUT2D eigenvalue weighted by atomic mass is 9.73. The minimum absolute atomic E-state index is 0.00824. The molecule has 1 aliphatic carbocycles. The smallest absolute Gasteiger partial charge is 0.229 e. The number of rotatable bonds is 7. The number of sulfonamides is 1. The summed E-state index contributed by atoms with van der Waals surface area (Å²) in [5, 5.41) is 1.96. The van der Waals surface area contributed by atoms with Crippen molar-refractivity contribution in [2.75, 3.05) is 11.0 Å². The molecule has 28 heavy (non-hydrogen) atoms. The highest BCUT2D eigenvalue weighted by atomic mass is 32.2. The van der Waals surface area contributed by atoms with Crippen molar-refractivity contribution in [3.63, 3.8) is 0 Å². The molecule has 3 rings (SSSR count). The van der Waals surface area contributed by atoms with Crippen molar-refractivity contribution in [3.8, 4) is 0 Å². The summed E-state index contributed by atoms with van der Waals surface area (Å²) in [7, 11) is -3.34. The molecule has 2 atom stereocenters. The summed E-state index contributed by atoms with van der Waals surface area (Å²) in [5.41, 5.74) is 2.20. The molecule has 0 saturated heterocycles. The Bertz CT molecular complexity index is 990. The largest absolute Gasteiger partial charge is 0.299 e. The molecule has 1 N–H and O–H groups in total. The van der Waals surface area contributed by atoms with E-state index in [1.54, 1.807) is 41.7 Å². The number of hydrogen-bond donors (Lipinski definition) is 1. The number of allylic oxidation sites excluding steroid dienone is 2. The highest BCUT2D eigenvalue weighted by Crippen LogP contribution is 2.42. The van der Waals surface area contributed by atoms with E-state index in [2.05, 4.69) is 4.72 Å². The van der Waals surface area contributed by atoms with Crippen LogP contribution in [0, 0.1) is 5.92 Å². The zero-order chi connectivity index (χ0) is 20.3. The predicted octanol–water partition coefficient (Wildman–Crippen LogP) is 4.25. The normalized spacial score (nSPS) is 19.9. The number of hydrogen-bond acceptors (Lipinski definition) is 5. The summed E-state index contributed by atoms with van der Waals surface area (Å²) >= 11 is 1.57. The summed E-state index contributed by atoms with van der Waals surface area (Å²) in [5.74, 6) is -0.903. The Morgan fingerprint density at radius 3 is 2.50 bits per heavy atom. The third-order valence-electron chi connectivity index (χ3n) is 4.78. The lowest BCUT2D eigenvalue weighted by Crippen LogP contribution is -2.32. The van der Waals surface area contributed by atoms with Crippen LogP contribution in [0.3, 0.4) is 0 Å². The molecule has 148 valence electrons. The number of thiophene rings is 1. The Hall–Kier alpha value is -2.25. The fourth-order valence-corrected chi connectivity index (χ4v) is 5.02. The SMILES string of the molecule is CCCC(=O)[C@@H]1C(=O)C=C(c2ccc(NS(C)(=O)=O)cc2)C[C@@H]1c1cccs1. The second kappa shape index (κ2) is 8.41. The molecule has 2 aromatic rings. The van der Waals surface area contributed by atoms with Gasteiger partial charge in [-0.25, -0.2) is 8.42 Å². The van der Waals surface area contributed by atoms with E-state index < -0.39 is 15.9 Å². The van der Waals surface area contributed by atoms with Gasteiger partial charge in [-0.15, -0.1) is 11.3 Å². The molecular formula is C21H23NO4S2. The van der Waals surface area contributed by atoms with E-state index in [1.807, 2.05) is 24.4 Å². The van der Waals surface area contributed by atoms with Crippen molar-refractivity contribution in [1.29, 1.82) is 0 Å². The standard InChI is InChI=1S/C21H23NO4S2/c1-3-5-18(23)21-17(20-6-4-11-27-20)12-15(13-19(21)24)14-7-9-16(10-8-14)22-28(2,25)26/h4,6-11,13,17,21-22H,3,5,12H2,1-2H3/t17-,21-/m1/s1. The fraction of sp³-hybridized carbons (Fsp3) is 0.333. The van der Waals surface area contributed by atoms with Crippen LogP contribution in [0.15, 0.2) is 47.9 Å². The number of carbonyl (C=O) groups is 2. The summed E-state index contributed by atoms with van der Waals surface area (Å²) in [6, 6.07) is 10.9. The number of ketones is 2. The molecule has 5 nitrogen and oxygen atoms in total. The van der Waals surface area contributed by atoms with Gasteiger partial charge in [-0.05, 0) is 53.6 Å². The average molecular weight is 418 g/mol. The van der Waals surface area contributed by atoms with Gasteiger partial charge in [0.2, 0.25) is 10.0 Å². The molecule has 1 aromatic carbocycles. The van der Waals surface area contributed by atoms with Crippen LogP contribution in [-0.4, -0.2) is 26.2 Å². The third-order valence-corrected chi connectivity index (χ3v) is 6.39. The number of nitrogens with one attached hydrogen (secondary N) is 1. The average Bonchev–Trinajstić information content (AvgIpc) is 3.15. The van der Waals surface area contributed by atoms with Gasteiger partial charge in [0, 0.05) is 22.9 Å². The van der Waals surface area contributed by atoms with Crippen molar-refractivity contribution in [3.05, 3.63) is 58.3 Å². The van der Waals surface area contributed by atoms with Crippen LogP contribution in [0.25, 0.3) is 5.57 Å². The summed E-state index contributed by atoms with van der Waals surface area (Å²) in [4.78, 5) is 26.5. The highest BCUT2D eigenvalue weighted by Gasteiger charge is 2.38. The van der Waals surface area contributed by atoms with Gasteiger partial charge in [0.15, 0.2) is 5.78 Å². The van der Waals surface area contributed by atoms with Gasteiger partial charge < -0.3 is 0 Å². The minimum Gasteiger partial charge on any atom is -0.299 e. The maximum Gasteiger partial charge on any atom is 0.229 e. The molecule has 1 aromatic heterocycles. The Labute approximate surface area is 169 Å². The van der Waals surface area contributed by atoms with Gasteiger partial charge >= 0.3 is 0 Å². The molecule has 0 amide bonds. The predicted molar refractivity (Wildman–Crippen MR) is 113 cm³/mol. The molecule has 0 saturated carbocycles. The summed E-state index contributed by atoms with van der Waals surface area (Å²) in [6.07, 6.45) is 4.42. The van der Waals surface area contributed by atoms with E-state index in [0.29, 0.717) is 18.5 Å². The molecule has 1 aliphatic rings. The van der Waals surface area contributed by atoms with Crippen LogP contribution in [0.1, 0.15) is 42.5 Å². The maximum absolute atomic E-state index is 12.9. The molecule has 1 heterocycles. The van der Waals surface area contributed by atoms with Crippen LogP contribution in [-0.2, 0) is 19.6 Å². The van der Waals surface area contributed by atoms with Crippen molar-refractivity contribution in [2.45, 2.75) is 32.1 Å². The Morgan fingerprint density at radius 1 is 1.21 bits per heavy atom. The van der Waals surface area contributed by atoms with Crippen LogP contribution >= 0.6 is 11.3 Å². The monoisotopic (exact) mass is 417 g/mol. The zero-order valence-corrected chi connectivity index (χ0v) is 17.5. The van der Waals surface area contributed by atoms with E-state index in [4.69, 9.17) is 0 Å². The Kier molecular flexibility index (Phi) is 6.15. The topological polar surface area (TPSA) is 80.3 Å². The molecule has 0 unspecified atom stereocenters. The number of benzene rings is 1. The lowest BCUT2D eigenvalue weighted by molar-refractivity contribution is -0.131. The number of anilines is 1. The quantitative estimate of drug-likeness (QED) is 0.683. The summed E-state index contributed by atoms with van der Waals surface area (Å²) in [6.45, 7) is 1.94. The van der Waals surface area contributed by atoms with Crippen molar-refractivity contribution < 1.29 is 18.0 Å². The molecule has 0 radical (unpaired) electrons. The number of carbonyl (C=O) groups excluding carboxylic acids is 2. The van der Waals surface area contributed by atoms with Crippen LogP contribution < -0.4 is 4.72 Å². The highest BCUT2D eigenvalue weighted by molar-refractivity contribution is 7.92. The van der Waals surface area contributed by atoms with Crippen LogP contribution in [0.4, 0.5) is 5.69 Å². The van der Waals surface area contributed by atoms with Crippen molar-refractivity contribution in [2.24, 2.45) is 5.92 Å². The molecular weight excluding hydrogens is 394 g/mol. The van der Waals surface area contributed by atoms with Gasteiger partial charge in [-0.2, -0.15) is 0 Å². The first-order valence-electron chi connectivity index (χ1n) is 9.17. The molecule has 0 spiro atoms. The van der Waals surface area contributed by atoms with Gasteiger partial charge in [0.1, 0.15) is 5.78 Å². The number of Topliss-reactive ketones (excluding diaryl/α,β-unsaturated/α-hetero) is 1. The molecule has 0 fully saturated rings. The van der Waals surface area contributed by atoms with Crippen LogP contribution in [0.5, 0.6) is 0 Å².